The van der Waals surface area contributed by atoms with Crippen molar-refractivity contribution in [2.45, 2.75) is 38.9 Å². The third-order valence-corrected chi connectivity index (χ3v) is 3.62. The molecule has 0 heterocycles. The minimum absolute atomic E-state index is 0.188. The van der Waals surface area contributed by atoms with Crippen LogP contribution in [0, 0.1) is 10.1 Å². The monoisotopic (exact) mass is 311 g/mol. The standard InChI is InChI=1S/C13H18BNO7/c1-12(2,18)13(3,4)22-14(19)9-6-5-8(11(16)17)7-10(9)15(20)21/h5-7,18-19H,1-4H3,(H,16,17). The fourth-order valence-electron chi connectivity index (χ4n) is 1.53. The molecule has 0 aliphatic rings. The summed E-state index contributed by atoms with van der Waals surface area (Å²) in [5.41, 5.74) is -3.55. The number of rotatable bonds is 6. The van der Waals surface area contributed by atoms with E-state index in [1.165, 1.54) is 27.7 Å². The Balaban J connectivity index is 3.21. The molecule has 0 amide bonds. The third-order valence-electron chi connectivity index (χ3n) is 3.62. The maximum atomic E-state index is 11.1. The Bertz CT molecular complexity index is 595. The molecule has 0 bridgehead atoms. The molecule has 0 aliphatic heterocycles. The van der Waals surface area contributed by atoms with Crippen LogP contribution in [0.25, 0.3) is 0 Å². The summed E-state index contributed by atoms with van der Waals surface area (Å²) in [5.74, 6) is -1.32. The fraction of sp³-hybridized carbons (Fsp3) is 0.462. The number of nitro groups is 1. The first kappa shape index (κ1) is 18.1. The van der Waals surface area contributed by atoms with Crippen LogP contribution in [0.5, 0.6) is 0 Å². The van der Waals surface area contributed by atoms with Crippen LogP contribution in [0.4, 0.5) is 5.69 Å². The molecule has 9 heteroatoms. The quantitative estimate of drug-likeness (QED) is 0.397. The number of hydrogen-bond acceptors (Lipinski definition) is 6. The van der Waals surface area contributed by atoms with Gasteiger partial charge in [0.25, 0.3) is 5.69 Å². The Morgan fingerprint density at radius 3 is 2.27 bits per heavy atom. The van der Waals surface area contributed by atoms with E-state index >= 15 is 0 Å². The van der Waals surface area contributed by atoms with E-state index in [9.17, 15) is 25.0 Å². The normalized spacial score (nSPS) is 12.1. The van der Waals surface area contributed by atoms with Gasteiger partial charge in [0.1, 0.15) is 0 Å². The number of carboxylic acid groups (broad SMARTS) is 1. The number of nitro benzene ring substituents is 1. The first-order chi connectivity index (χ1) is 9.86. The molecule has 3 N–H and O–H groups in total. The van der Waals surface area contributed by atoms with Crippen molar-refractivity contribution in [2.24, 2.45) is 0 Å². The van der Waals surface area contributed by atoms with Crippen molar-refractivity contribution >= 4 is 24.2 Å². The van der Waals surface area contributed by atoms with Gasteiger partial charge in [0.05, 0.1) is 27.2 Å². The second-order valence-electron chi connectivity index (χ2n) is 5.88. The molecule has 0 unspecified atom stereocenters. The highest BCUT2D eigenvalue weighted by atomic mass is 16.6. The zero-order valence-electron chi connectivity index (χ0n) is 12.7. The molecule has 0 spiro atoms. The lowest BCUT2D eigenvalue weighted by Gasteiger charge is -2.38. The van der Waals surface area contributed by atoms with Gasteiger partial charge in [-0.05, 0) is 33.8 Å². The summed E-state index contributed by atoms with van der Waals surface area (Å²) in [6.07, 6.45) is 0. The maximum absolute atomic E-state index is 11.1. The van der Waals surface area contributed by atoms with Crippen LogP contribution in [-0.4, -0.2) is 44.5 Å². The SMILES string of the molecule is CC(C)(O)C(C)(C)OB(O)c1ccc(C(=O)O)cc1[N+](=O)[O-]. The van der Waals surface area contributed by atoms with Crippen molar-refractivity contribution in [3.05, 3.63) is 33.9 Å². The average molecular weight is 311 g/mol. The summed E-state index contributed by atoms with van der Waals surface area (Å²) in [5, 5.41) is 40.0. The Morgan fingerprint density at radius 2 is 1.86 bits per heavy atom. The largest absolute Gasteiger partial charge is 0.498 e. The van der Waals surface area contributed by atoms with Crippen LogP contribution in [0.1, 0.15) is 38.1 Å². The molecule has 120 valence electrons. The van der Waals surface area contributed by atoms with E-state index in [1.54, 1.807) is 0 Å². The second kappa shape index (κ2) is 6.03. The Hall–Kier alpha value is -1.97. The fourth-order valence-corrected chi connectivity index (χ4v) is 1.53. The lowest BCUT2D eigenvalue weighted by Crippen LogP contribution is -2.53. The van der Waals surface area contributed by atoms with Gasteiger partial charge in [-0.2, -0.15) is 0 Å². The van der Waals surface area contributed by atoms with Gasteiger partial charge in [0, 0.05) is 6.07 Å². The summed E-state index contributed by atoms with van der Waals surface area (Å²) in [6, 6.07) is 3.10. The first-order valence-corrected chi connectivity index (χ1v) is 6.46. The number of aliphatic hydroxyl groups is 1. The number of benzene rings is 1. The molecule has 1 aromatic carbocycles. The Morgan fingerprint density at radius 1 is 1.32 bits per heavy atom. The van der Waals surface area contributed by atoms with E-state index in [1.807, 2.05) is 0 Å². The molecular formula is C13H18BNO7. The summed E-state index contributed by atoms with van der Waals surface area (Å²) in [6.45, 7) is 5.99. The van der Waals surface area contributed by atoms with E-state index in [0.717, 1.165) is 18.2 Å². The van der Waals surface area contributed by atoms with Crippen molar-refractivity contribution in [3.8, 4) is 0 Å². The van der Waals surface area contributed by atoms with Crippen LogP contribution < -0.4 is 5.46 Å². The molecule has 8 nitrogen and oxygen atoms in total. The van der Waals surface area contributed by atoms with Crippen molar-refractivity contribution in [1.29, 1.82) is 0 Å². The van der Waals surface area contributed by atoms with Gasteiger partial charge >= 0.3 is 13.1 Å². The summed E-state index contributed by atoms with van der Waals surface area (Å²) in [7, 11) is -1.69. The molecule has 0 aliphatic carbocycles. The van der Waals surface area contributed by atoms with Gasteiger partial charge in [-0.1, -0.05) is 6.07 Å². The minimum Gasteiger partial charge on any atom is -0.478 e. The first-order valence-electron chi connectivity index (χ1n) is 6.46. The molecule has 0 saturated carbocycles. The Labute approximate surface area is 127 Å². The smallest absolute Gasteiger partial charge is 0.478 e. The molecule has 0 atom stereocenters. The highest BCUT2D eigenvalue weighted by Crippen LogP contribution is 2.26. The molecule has 0 fully saturated rings. The molecule has 0 radical (unpaired) electrons. The van der Waals surface area contributed by atoms with E-state index in [4.69, 9.17) is 9.76 Å². The zero-order valence-corrected chi connectivity index (χ0v) is 12.7. The molecule has 0 aromatic heterocycles. The predicted molar refractivity (Wildman–Crippen MR) is 79.1 cm³/mol. The van der Waals surface area contributed by atoms with Crippen molar-refractivity contribution in [1.82, 2.24) is 0 Å². The second-order valence-corrected chi connectivity index (χ2v) is 5.88. The van der Waals surface area contributed by atoms with E-state index in [-0.39, 0.29) is 11.0 Å². The molecule has 1 rings (SSSR count). The highest BCUT2D eigenvalue weighted by Gasteiger charge is 2.41. The van der Waals surface area contributed by atoms with E-state index in [0.29, 0.717) is 0 Å². The van der Waals surface area contributed by atoms with Crippen LogP contribution in [0.15, 0.2) is 18.2 Å². The van der Waals surface area contributed by atoms with Crippen LogP contribution in [0.2, 0.25) is 0 Å². The number of carbonyl (C=O) groups is 1. The van der Waals surface area contributed by atoms with Crippen LogP contribution in [0.3, 0.4) is 0 Å². The number of aromatic carboxylic acids is 1. The van der Waals surface area contributed by atoms with Gasteiger partial charge in [-0.3, -0.25) is 10.1 Å². The molecular weight excluding hydrogens is 293 g/mol. The lowest BCUT2D eigenvalue weighted by molar-refractivity contribution is -0.383. The minimum atomic E-state index is -1.69. The molecule has 22 heavy (non-hydrogen) atoms. The molecule has 1 aromatic rings. The van der Waals surface area contributed by atoms with Crippen LogP contribution in [-0.2, 0) is 4.65 Å². The van der Waals surface area contributed by atoms with Crippen LogP contribution >= 0.6 is 0 Å². The van der Waals surface area contributed by atoms with E-state index < -0.39 is 34.9 Å². The Kier molecular flexibility index (Phi) is 4.96. The summed E-state index contributed by atoms with van der Waals surface area (Å²) >= 11 is 0. The number of carboxylic acids is 1. The zero-order chi connectivity index (χ0) is 17.3. The summed E-state index contributed by atoms with van der Waals surface area (Å²) in [4.78, 5) is 21.1. The van der Waals surface area contributed by atoms with Gasteiger partial charge in [0.2, 0.25) is 0 Å². The maximum Gasteiger partial charge on any atom is 0.498 e. The van der Waals surface area contributed by atoms with Crippen molar-refractivity contribution < 1.29 is 29.6 Å². The van der Waals surface area contributed by atoms with Crippen molar-refractivity contribution in [3.63, 3.8) is 0 Å². The van der Waals surface area contributed by atoms with Gasteiger partial charge < -0.3 is 19.9 Å². The highest BCUT2D eigenvalue weighted by molar-refractivity contribution is 6.61. The predicted octanol–water partition coefficient (Wildman–Crippen LogP) is 0.547. The van der Waals surface area contributed by atoms with Gasteiger partial charge in [0.15, 0.2) is 0 Å². The lowest BCUT2D eigenvalue weighted by atomic mass is 9.75. The average Bonchev–Trinajstić information content (AvgIpc) is 2.35. The third kappa shape index (κ3) is 3.82. The number of hydrogen-bond donors (Lipinski definition) is 3. The van der Waals surface area contributed by atoms with Crippen molar-refractivity contribution in [2.75, 3.05) is 0 Å². The van der Waals surface area contributed by atoms with Gasteiger partial charge in [-0.15, -0.1) is 0 Å². The summed E-state index contributed by atoms with van der Waals surface area (Å²) < 4.78 is 5.33. The van der Waals surface area contributed by atoms with Gasteiger partial charge in [-0.25, -0.2) is 4.79 Å². The molecule has 0 saturated heterocycles. The van der Waals surface area contributed by atoms with E-state index in [2.05, 4.69) is 0 Å². The number of nitrogens with zero attached hydrogens (tertiary/aromatic N) is 1. The topological polar surface area (TPSA) is 130 Å².